The molecule has 5 nitrogen and oxygen atoms in total. The maximum atomic E-state index is 12.0. The fourth-order valence-electron chi connectivity index (χ4n) is 3.50. The first-order valence-corrected chi connectivity index (χ1v) is 9.06. The number of benzene rings is 1. The number of carbonyl (C=O) groups is 1. The zero-order valence-electron chi connectivity index (χ0n) is 15.8. The van der Waals surface area contributed by atoms with Crippen molar-refractivity contribution in [3.05, 3.63) is 29.0 Å². The second-order valence-corrected chi connectivity index (χ2v) is 7.75. The van der Waals surface area contributed by atoms with Crippen LogP contribution in [0.25, 0.3) is 10.9 Å². The van der Waals surface area contributed by atoms with Crippen molar-refractivity contribution in [2.24, 2.45) is 0 Å². The summed E-state index contributed by atoms with van der Waals surface area (Å²) in [7, 11) is 0. The monoisotopic (exact) mass is 344 g/mol. The van der Waals surface area contributed by atoms with E-state index in [9.17, 15) is 4.79 Å². The van der Waals surface area contributed by atoms with E-state index in [1.807, 2.05) is 27.7 Å². The Morgan fingerprint density at radius 1 is 1.40 bits per heavy atom. The van der Waals surface area contributed by atoms with Crippen LogP contribution in [0.5, 0.6) is 5.75 Å². The summed E-state index contributed by atoms with van der Waals surface area (Å²) in [5, 5.41) is 4.20. The van der Waals surface area contributed by atoms with E-state index in [-0.39, 0.29) is 12.1 Å². The lowest BCUT2D eigenvalue weighted by molar-refractivity contribution is 0.0508. The Bertz CT molecular complexity index is 786. The van der Waals surface area contributed by atoms with Gasteiger partial charge in [-0.2, -0.15) is 0 Å². The van der Waals surface area contributed by atoms with Crippen LogP contribution in [0, 0.1) is 0 Å². The summed E-state index contributed by atoms with van der Waals surface area (Å²) in [6.07, 6.45) is 2.27. The van der Waals surface area contributed by atoms with Crippen LogP contribution < -0.4 is 10.1 Å². The normalized spacial score (nSPS) is 14.9. The number of hydrogen-bond donors (Lipinski definition) is 2. The number of rotatable bonds is 4. The Morgan fingerprint density at radius 3 is 2.84 bits per heavy atom. The van der Waals surface area contributed by atoms with Gasteiger partial charge in [-0.1, -0.05) is 6.92 Å². The summed E-state index contributed by atoms with van der Waals surface area (Å²) in [6.45, 7) is 10.5. The number of aromatic nitrogens is 1. The number of amides is 1. The molecule has 2 heterocycles. The number of nitrogens with one attached hydrogen (secondary N) is 2. The van der Waals surface area contributed by atoms with Crippen molar-refractivity contribution in [1.82, 2.24) is 10.3 Å². The molecule has 25 heavy (non-hydrogen) atoms. The quantitative estimate of drug-likeness (QED) is 0.877. The van der Waals surface area contributed by atoms with Gasteiger partial charge in [0, 0.05) is 35.5 Å². The van der Waals surface area contributed by atoms with Gasteiger partial charge in [-0.25, -0.2) is 4.79 Å². The number of carbonyl (C=O) groups excluding carboxylic acids is 1. The molecule has 0 radical (unpaired) electrons. The van der Waals surface area contributed by atoms with E-state index in [1.54, 1.807) is 0 Å². The summed E-state index contributed by atoms with van der Waals surface area (Å²) in [5.74, 6) is 0.989. The molecule has 0 unspecified atom stereocenters. The van der Waals surface area contributed by atoms with Crippen molar-refractivity contribution >= 4 is 17.0 Å². The first-order valence-electron chi connectivity index (χ1n) is 9.06. The molecular weight excluding hydrogens is 316 g/mol. The Morgan fingerprint density at radius 2 is 2.16 bits per heavy atom. The van der Waals surface area contributed by atoms with Crippen LogP contribution in [0.1, 0.15) is 51.4 Å². The molecule has 0 saturated heterocycles. The van der Waals surface area contributed by atoms with Crippen molar-refractivity contribution in [3.8, 4) is 5.75 Å². The van der Waals surface area contributed by atoms with Gasteiger partial charge in [-0.15, -0.1) is 0 Å². The number of H-pyrrole nitrogens is 1. The maximum absolute atomic E-state index is 12.0. The predicted octanol–water partition coefficient (Wildman–Crippen LogP) is 4.12. The van der Waals surface area contributed by atoms with E-state index in [0.29, 0.717) is 0 Å². The van der Waals surface area contributed by atoms with Gasteiger partial charge in [-0.3, -0.25) is 0 Å². The number of fused-ring (bicyclic) bond motifs is 3. The first kappa shape index (κ1) is 17.6. The Labute approximate surface area is 149 Å². The minimum Gasteiger partial charge on any atom is -0.493 e. The highest BCUT2D eigenvalue weighted by Crippen LogP contribution is 2.35. The van der Waals surface area contributed by atoms with E-state index in [4.69, 9.17) is 9.47 Å². The van der Waals surface area contributed by atoms with Crippen LogP contribution in [0.4, 0.5) is 4.79 Å². The van der Waals surface area contributed by atoms with Crippen LogP contribution >= 0.6 is 0 Å². The molecule has 0 fully saturated rings. The molecule has 2 aromatic rings. The Balaban J connectivity index is 1.80. The zero-order chi connectivity index (χ0) is 18.2. The number of ether oxygens (including phenoxy) is 2. The van der Waals surface area contributed by atoms with Crippen molar-refractivity contribution < 1.29 is 14.3 Å². The van der Waals surface area contributed by atoms with Gasteiger partial charge in [0.05, 0.1) is 12.1 Å². The summed E-state index contributed by atoms with van der Waals surface area (Å²) in [5.41, 5.74) is 4.47. The molecule has 1 aliphatic heterocycles. The molecular formula is C20H28N2O3. The molecule has 1 aromatic carbocycles. The number of aromatic amines is 1. The second kappa shape index (κ2) is 6.62. The maximum Gasteiger partial charge on any atom is 0.407 e. The highest BCUT2D eigenvalue weighted by molar-refractivity contribution is 5.89. The van der Waals surface area contributed by atoms with Gasteiger partial charge in [0.25, 0.3) is 0 Å². The highest BCUT2D eigenvalue weighted by Gasteiger charge is 2.22. The third-order valence-electron chi connectivity index (χ3n) is 4.47. The average Bonchev–Trinajstić information content (AvgIpc) is 3.07. The van der Waals surface area contributed by atoms with Gasteiger partial charge < -0.3 is 19.8 Å². The van der Waals surface area contributed by atoms with Crippen molar-refractivity contribution in [2.45, 2.75) is 65.5 Å². The molecule has 3 rings (SSSR count). The third-order valence-corrected chi connectivity index (χ3v) is 4.47. The van der Waals surface area contributed by atoms with E-state index >= 15 is 0 Å². The molecule has 1 aromatic heterocycles. The molecule has 1 atom stereocenters. The number of alkyl carbamates (subject to hydrolysis) is 1. The molecule has 2 N–H and O–H groups in total. The van der Waals surface area contributed by atoms with Gasteiger partial charge in [-0.05, 0) is 51.8 Å². The Kier molecular flexibility index (Phi) is 4.67. The number of aryl methyl sites for hydroxylation is 1. The van der Waals surface area contributed by atoms with Crippen LogP contribution in [-0.4, -0.2) is 29.3 Å². The molecule has 0 spiro atoms. The van der Waals surface area contributed by atoms with Gasteiger partial charge >= 0.3 is 6.09 Å². The van der Waals surface area contributed by atoms with Crippen molar-refractivity contribution in [1.29, 1.82) is 0 Å². The average molecular weight is 344 g/mol. The molecule has 0 saturated carbocycles. The zero-order valence-corrected chi connectivity index (χ0v) is 15.8. The molecule has 1 amide bonds. The Hall–Kier alpha value is -2.17. The van der Waals surface area contributed by atoms with E-state index in [0.717, 1.165) is 31.6 Å². The van der Waals surface area contributed by atoms with Crippen LogP contribution in [-0.2, 0) is 24.0 Å². The molecule has 0 bridgehead atoms. The summed E-state index contributed by atoms with van der Waals surface area (Å²) < 4.78 is 11.0. The smallest absolute Gasteiger partial charge is 0.407 e. The summed E-state index contributed by atoms with van der Waals surface area (Å²) in [6, 6.07) is 4.20. The summed E-state index contributed by atoms with van der Waals surface area (Å²) in [4.78, 5) is 15.6. The largest absolute Gasteiger partial charge is 0.493 e. The minimum atomic E-state index is -0.486. The highest BCUT2D eigenvalue weighted by atomic mass is 16.6. The lowest BCUT2D eigenvalue weighted by Crippen LogP contribution is -2.38. The van der Waals surface area contributed by atoms with Gasteiger partial charge in [0.2, 0.25) is 0 Å². The van der Waals surface area contributed by atoms with Gasteiger partial charge in [0.15, 0.2) is 0 Å². The van der Waals surface area contributed by atoms with Crippen molar-refractivity contribution in [3.63, 3.8) is 0 Å². The standard InChI is InChI=1S/C20H28N2O3/c1-6-13-14-7-8-17-15(9-10-24-17)18(14)22-16(13)11-12(2)21-19(23)25-20(3,4)5/h7-8,12,22H,6,9-11H2,1-5H3,(H,21,23)/t12-/m0/s1. The van der Waals surface area contributed by atoms with Crippen LogP contribution in [0.2, 0.25) is 0 Å². The fourth-order valence-corrected chi connectivity index (χ4v) is 3.50. The molecule has 1 aliphatic rings. The molecule has 136 valence electrons. The van der Waals surface area contributed by atoms with E-state index in [2.05, 4.69) is 29.4 Å². The van der Waals surface area contributed by atoms with E-state index < -0.39 is 5.60 Å². The van der Waals surface area contributed by atoms with E-state index in [1.165, 1.54) is 27.7 Å². The SMILES string of the molecule is CCc1c(C[C@H](C)NC(=O)OC(C)(C)C)[nH]c2c3c(ccc12)OCC3. The lowest BCUT2D eigenvalue weighted by Gasteiger charge is -2.22. The number of hydrogen-bond acceptors (Lipinski definition) is 3. The minimum absolute atomic E-state index is 0.0162. The van der Waals surface area contributed by atoms with Crippen LogP contribution in [0.15, 0.2) is 12.1 Å². The lowest BCUT2D eigenvalue weighted by atomic mass is 10.0. The van der Waals surface area contributed by atoms with Crippen LogP contribution in [0.3, 0.4) is 0 Å². The molecule has 0 aliphatic carbocycles. The predicted molar refractivity (Wildman–Crippen MR) is 99.4 cm³/mol. The van der Waals surface area contributed by atoms with Gasteiger partial charge in [0.1, 0.15) is 11.4 Å². The second-order valence-electron chi connectivity index (χ2n) is 7.75. The third kappa shape index (κ3) is 3.75. The fraction of sp³-hybridized carbons (Fsp3) is 0.550. The topological polar surface area (TPSA) is 63.3 Å². The summed E-state index contributed by atoms with van der Waals surface area (Å²) >= 11 is 0. The van der Waals surface area contributed by atoms with Crippen molar-refractivity contribution in [2.75, 3.05) is 6.61 Å². The molecule has 5 heteroatoms. The first-order chi connectivity index (χ1) is 11.8.